The number of carbonyl (C=O) groups is 1. The zero-order valence-electron chi connectivity index (χ0n) is 17.1. The van der Waals surface area contributed by atoms with E-state index < -0.39 is 0 Å². The molecular formula is C21H24N6O3. The van der Waals surface area contributed by atoms with E-state index >= 15 is 0 Å². The van der Waals surface area contributed by atoms with Crippen molar-refractivity contribution in [1.29, 1.82) is 0 Å². The van der Waals surface area contributed by atoms with Gasteiger partial charge >= 0.3 is 0 Å². The Morgan fingerprint density at radius 2 is 1.63 bits per heavy atom. The molecule has 0 spiro atoms. The minimum atomic E-state index is -0.0255. The summed E-state index contributed by atoms with van der Waals surface area (Å²) in [5, 5.41) is 8.66. The highest BCUT2D eigenvalue weighted by Crippen LogP contribution is 2.18. The van der Waals surface area contributed by atoms with Crippen molar-refractivity contribution in [2.75, 3.05) is 44.8 Å². The van der Waals surface area contributed by atoms with Crippen LogP contribution in [-0.2, 0) is 4.79 Å². The largest absolute Gasteiger partial charge is 0.497 e. The van der Waals surface area contributed by atoms with Crippen molar-refractivity contribution in [2.45, 2.75) is 6.92 Å². The van der Waals surface area contributed by atoms with Crippen molar-refractivity contribution in [3.63, 3.8) is 0 Å². The van der Waals surface area contributed by atoms with Gasteiger partial charge in [0, 0.05) is 38.6 Å². The van der Waals surface area contributed by atoms with Crippen LogP contribution in [0.1, 0.15) is 5.82 Å². The van der Waals surface area contributed by atoms with E-state index in [1.54, 1.807) is 37.6 Å². The Hall–Kier alpha value is -3.62. The Kier molecular flexibility index (Phi) is 5.78. The van der Waals surface area contributed by atoms with Gasteiger partial charge in [-0.1, -0.05) is 0 Å². The highest BCUT2D eigenvalue weighted by Gasteiger charge is 2.22. The number of imidazole rings is 1. The number of benzene rings is 1. The molecule has 0 radical (unpaired) electrons. The molecule has 0 atom stereocenters. The van der Waals surface area contributed by atoms with Gasteiger partial charge in [0.1, 0.15) is 17.3 Å². The zero-order chi connectivity index (χ0) is 20.9. The third kappa shape index (κ3) is 4.35. The van der Waals surface area contributed by atoms with Crippen LogP contribution in [0.2, 0.25) is 0 Å². The van der Waals surface area contributed by atoms with Crippen molar-refractivity contribution in [3.05, 3.63) is 54.6 Å². The zero-order valence-corrected chi connectivity index (χ0v) is 17.1. The second-order valence-electron chi connectivity index (χ2n) is 6.93. The van der Waals surface area contributed by atoms with Gasteiger partial charge in [0.05, 0.1) is 7.11 Å². The number of carbonyl (C=O) groups excluding carboxylic acids is 1. The molecule has 3 heterocycles. The summed E-state index contributed by atoms with van der Waals surface area (Å²) in [4.78, 5) is 20.6. The lowest BCUT2D eigenvalue weighted by Crippen LogP contribution is -2.50. The molecule has 1 aliphatic heterocycles. The number of piperazine rings is 1. The maximum Gasteiger partial charge on any atom is 0.260 e. The van der Waals surface area contributed by atoms with Crippen molar-refractivity contribution >= 4 is 11.7 Å². The molecule has 9 heteroatoms. The van der Waals surface area contributed by atoms with Crippen LogP contribution in [0.3, 0.4) is 0 Å². The number of amides is 1. The Labute approximate surface area is 174 Å². The molecule has 30 heavy (non-hydrogen) atoms. The van der Waals surface area contributed by atoms with Gasteiger partial charge in [-0.2, -0.15) is 0 Å². The molecule has 0 N–H and O–H groups in total. The quantitative estimate of drug-likeness (QED) is 0.614. The summed E-state index contributed by atoms with van der Waals surface area (Å²) in [6, 6.07) is 11.1. The molecule has 0 saturated carbocycles. The van der Waals surface area contributed by atoms with Gasteiger partial charge in [-0.25, -0.2) is 4.98 Å². The number of aromatic nitrogens is 4. The Bertz CT molecular complexity index is 979. The van der Waals surface area contributed by atoms with Gasteiger partial charge < -0.3 is 19.3 Å². The standard InChI is InChI=1S/C21H24N6O3/c1-16-22-9-10-27(16)20-8-7-19(23-24-20)25-11-13-26(14-12-25)21(28)15-30-18-5-3-17(29-2)4-6-18/h3-10H,11-15H2,1-2H3. The van der Waals surface area contributed by atoms with Crippen LogP contribution >= 0.6 is 0 Å². The molecule has 4 rings (SSSR count). The number of rotatable bonds is 6. The minimum absolute atomic E-state index is 0.0189. The SMILES string of the molecule is COc1ccc(OCC(=O)N2CCN(c3ccc(-n4ccnc4C)nn3)CC2)cc1. The first kappa shape index (κ1) is 19.7. The van der Waals surface area contributed by atoms with Gasteiger partial charge in [0.15, 0.2) is 18.2 Å². The molecule has 1 fully saturated rings. The Morgan fingerprint density at radius 1 is 0.967 bits per heavy atom. The molecule has 1 saturated heterocycles. The normalized spacial score (nSPS) is 13.9. The van der Waals surface area contributed by atoms with Crippen LogP contribution in [0.4, 0.5) is 5.82 Å². The first-order valence-corrected chi connectivity index (χ1v) is 9.77. The summed E-state index contributed by atoms with van der Waals surface area (Å²) < 4.78 is 12.6. The number of aryl methyl sites for hydroxylation is 1. The number of methoxy groups -OCH3 is 1. The fourth-order valence-corrected chi connectivity index (χ4v) is 3.33. The number of ether oxygens (including phenoxy) is 2. The van der Waals surface area contributed by atoms with E-state index in [2.05, 4.69) is 20.1 Å². The van der Waals surface area contributed by atoms with Crippen molar-refractivity contribution in [2.24, 2.45) is 0 Å². The molecule has 156 valence electrons. The van der Waals surface area contributed by atoms with Crippen LogP contribution in [0.5, 0.6) is 11.5 Å². The minimum Gasteiger partial charge on any atom is -0.497 e. The predicted octanol–water partition coefficient (Wildman–Crippen LogP) is 1.71. The maximum atomic E-state index is 12.5. The second kappa shape index (κ2) is 8.81. The average molecular weight is 408 g/mol. The van der Waals surface area contributed by atoms with E-state index in [-0.39, 0.29) is 12.5 Å². The lowest BCUT2D eigenvalue weighted by atomic mass is 10.3. The topological polar surface area (TPSA) is 85.6 Å². The summed E-state index contributed by atoms with van der Waals surface area (Å²) in [5.41, 5.74) is 0. The molecule has 2 aromatic heterocycles. The first-order chi connectivity index (χ1) is 14.6. The highest BCUT2D eigenvalue weighted by molar-refractivity contribution is 5.78. The molecule has 3 aromatic rings. The smallest absolute Gasteiger partial charge is 0.260 e. The molecule has 1 aliphatic rings. The van der Waals surface area contributed by atoms with E-state index in [4.69, 9.17) is 9.47 Å². The molecule has 9 nitrogen and oxygen atoms in total. The van der Waals surface area contributed by atoms with Crippen molar-refractivity contribution in [3.8, 4) is 17.3 Å². The summed E-state index contributed by atoms with van der Waals surface area (Å²) in [5.74, 6) is 3.77. The number of anilines is 1. The molecule has 1 amide bonds. The number of hydrogen-bond acceptors (Lipinski definition) is 7. The Balaban J connectivity index is 1.28. The first-order valence-electron chi connectivity index (χ1n) is 9.77. The average Bonchev–Trinajstić information content (AvgIpc) is 3.24. The fourth-order valence-electron chi connectivity index (χ4n) is 3.33. The van der Waals surface area contributed by atoms with Crippen LogP contribution in [0.25, 0.3) is 5.82 Å². The van der Waals surface area contributed by atoms with Gasteiger partial charge in [-0.15, -0.1) is 10.2 Å². The maximum absolute atomic E-state index is 12.5. The lowest BCUT2D eigenvalue weighted by molar-refractivity contribution is -0.133. The second-order valence-corrected chi connectivity index (χ2v) is 6.93. The summed E-state index contributed by atoms with van der Waals surface area (Å²) >= 11 is 0. The summed E-state index contributed by atoms with van der Waals surface area (Å²) in [6.07, 6.45) is 3.59. The van der Waals surface area contributed by atoms with E-state index in [1.807, 2.05) is 34.7 Å². The number of nitrogens with zero attached hydrogens (tertiary/aromatic N) is 6. The van der Waals surface area contributed by atoms with E-state index in [9.17, 15) is 4.79 Å². The molecular weight excluding hydrogens is 384 g/mol. The van der Waals surface area contributed by atoms with E-state index in [0.29, 0.717) is 31.9 Å². The van der Waals surface area contributed by atoms with Gasteiger partial charge in [-0.05, 0) is 43.3 Å². The van der Waals surface area contributed by atoms with Crippen molar-refractivity contribution in [1.82, 2.24) is 24.6 Å². The monoisotopic (exact) mass is 408 g/mol. The third-order valence-electron chi connectivity index (χ3n) is 5.09. The van der Waals surface area contributed by atoms with Crippen LogP contribution < -0.4 is 14.4 Å². The predicted molar refractivity (Wildman–Crippen MR) is 111 cm³/mol. The van der Waals surface area contributed by atoms with Crippen LogP contribution in [-0.4, -0.2) is 70.5 Å². The Morgan fingerprint density at radius 3 is 2.23 bits per heavy atom. The number of hydrogen-bond donors (Lipinski definition) is 0. The molecule has 1 aromatic carbocycles. The van der Waals surface area contributed by atoms with Crippen LogP contribution in [0.15, 0.2) is 48.8 Å². The van der Waals surface area contributed by atoms with Crippen LogP contribution in [0, 0.1) is 6.92 Å². The summed E-state index contributed by atoms with van der Waals surface area (Å²) in [6.45, 7) is 4.58. The third-order valence-corrected chi connectivity index (χ3v) is 5.09. The highest BCUT2D eigenvalue weighted by atomic mass is 16.5. The van der Waals surface area contributed by atoms with E-state index in [1.165, 1.54) is 0 Å². The summed E-state index contributed by atoms with van der Waals surface area (Å²) in [7, 11) is 1.61. The van der Waals surface area contributed by atoms with Gasteiger partial charge in [0.2, 0.25) is 0 Å². The molecule has 0 aliphatic carbocycles. The molecule has 0 unspecified atom stereocenters. The van der Waals surface area contributed by atoms with Crippen molar-refractivity contribution < 1.29 is 14.3 Å². The fraction of sp³-hybridized carbons (Fsp3) is 0.333. The van der Waals surface area contributed by atoms with E-state index in [0.717, 1.165) is 23.2 Å². The van der Waals surface area contributed by atoms with Gasteiger partial charge in [-0.3, -0.25) is 9.36 Å². The lowest BCUT2D eigenvalue weighted by Gasteiger charge is -2.35. The van der Waals surface area contributed by atoms with Gasteiger partial charge in [0.25, 0.3) is 5.91 Å². The molecule has 0 bridgehead atoms.